The molecule has 4 unspecified atom stereocenters. The monoisotopic (exact) mass is 496 g/mol. The Morgan fingerprint density at radius 3 is 1.77 bits per heavy atom. The van der Waals surface area contributed by atoms with Crippen molar-refractivity contribution in [1.82, 2.24) is 10.4 Å². The molecule has 0 saturated carbocycles. The zero-order valence-corrected chi connectivity index (χ0v) is 23.5. The summed E-state index contributed by atoms with van der Waals surface area (Å²) in [6.45, 7) is 17.0. The predicted octanol–water partition coefficient (Wildman–Crippen LogP) is 5.48. The largest absolute Gasteiger partial charge is 0.462 e. The number of carbonyl (C=O) groups is 2. The number of nitrogens with one attached hydrogen (secondary N) is 1. The van der Waals surface area contributed by atoms with Gasteiger partial charge in [0.05, 0.1) is 0 Å². The molecule has 2 aliphatic heterocycles. The Morgan fingerprint density at radius 2 is 1.31 bits per heavy atom. The highest BCUT2D eigenvalue weighted by Crippen LogP contribution is 2.35. The molecular weight excluding hydrogens is 444 g/mol. The summed E-state index contributed by atoms with van der Waals surface area (Å²) < 4.78 is 11.6. The van der Waals surface area contributed by atoms with Gasteiger partial charge in [0.15, 0.2) is 0 Å². The van der Waals surface area contributed by atoms with E-state index in [0.29, 0.717) is 56.0 Å². The average Bonchev–Trinajstić information content (AvgIpc) is 2.75. The minimum Gasteiger partial charge on any atom is -0.462 e. The van der Waals surface area contributed by atoms with Crippen molar-refractivity contribution >= 4 is 11.9 Å². The molecule has 0 amide bonds. The van der Waals surface area contributed by atoms with Gasteiger partial charge in [0.2, 0.25) is 0 Å². The lowest BCUT2D eigenvalue weighted by molar-refractivity contribution is -0.239. The van der Waals surface area contributed by atoms with E-state index < -0.39 is 5.54 Å². The molecule has 35 heavy (non-hydrogen) atoms. The van der Waals surface area contributed by atoms with E-state index in [9.17, 15) is 14.8 Å². The second kappa shape index (κ2) is 13.4. The normalized spacial score (nSPS) is 29.5. The van der Waals surface area contributed by atoms with Crippen molar-refractivity contribution in [2.24, 2.45) is 17.8 Å². The van der Waals surface area contributed by atoms with Crippen LogP contribution < -0.4 is 5.32 Å². The zero-order valence-electron chi connectivity index (χ0n) is 23.5. The van der Waals surface area contributed by atoms with Crippen molar-refractivity contribution in [2.75, 3.05) is 0 Å². The number of unbranched alkanes of at least 4 members (excludes halogenated alkanes) is 2. The van der Waals surface area contributed by atoms with E-state index >= 15 is 0 Å². The molecule has 0 aromatic carbocycles. The van der Waals surface area contributed by atoms with E-state index in [4.69, 9.17) is 9.47 Å². The number of hydroxylamine groups is 2. The molecular formula is C28H52N2O5. The molecule has 2 fully saturated rings. The molecule has 0 spiro atoms. The summed E-state index contributed by atoms with van der Waals surface area (Å²) in [7, 11) is 0. The van der Waals surface area contributed by atoms with Crippen molar-refractivity contribution < 1.29 is 24.3 Å². The third-order valence-electron chi connectivity index (χ3n) is 7.86. The molecule has 2 rings (SSSR count). The molecule has 4 atom stereocenters. The quantitative estimate of drug-likeness (QED) is 0.289. The van der Waals surface area contributed by atoms with Gasteiger partial charge < -0.3 is 20.0 Å². The van der Waals surface area contributed by atoms with Crippen LogP contribution in [0.5, 0.6) is 0 Å². The van der Waals surface area contributed by atoms with Gasteiger partial charge in [-0.2, -0.15) is 5.06 Å². The van der Waals surface area contributed by atoms with Gasteiger partial charge in [-0.05, 0) is 44.4 Å². The third kappa shape index (κ3) is 9.32. The lowest BCUT2D eigenvalue weighted by atomic mass is 9.82. The van der Waals surface area contributed by atoms with Crippen molar-refractivity contribution in [3.63, 3.8) is 0 Å². The van der Waals surface area contributed by atoms with Gasteiger partial charge in [-0.15, -0.1) is 0 Å². The fourth-order valence-electron chi connectivity index (χ4n) is 5.50. The number of piperidine rings is 2. The molecule has 0 aromatic heterocycles. The summed E-state index contributed by atoms with van der Waals surface area (Å²) in [6, 6.07) is 0.742. The van der Waals surface area contributed by atoms with Gasteiger partial charge in [0.25, 0.3) is 0 Å². The van der Waals surface area contributed by atoms with Gasteiger partial charge in [-0.3, -0.25) is 9.59 Å². The first kappa shape index (κ1) is 30.0. The van der Waals surface area contributed by atoms with Crippen LogP contribution in [-0.4, -0.2) is 58.1 Å². The van der Waals surface area contributed by atoms with Crippen LogP contribution in [0.1, 0.15) is 113 Å². The summed E-state index contributed by atoms with van der Waals surface area (Å²) in [5.41, 5.74) is -0.419. The number of hydrogen-bond acceptors (Lipinski definition) is 7. The molecule has 7 nitrogen and oxygen atoms in total. The standard InChI is InChI=1S/C28H52N2O5/c1-18(2)23-14-21(15-24(29-23)19(3)4)34-26(31)12-10-9-11-13-27(32)35-22-16-25(20(5)6)30(33)28(7,8)17-22/h18-25,29,33H,9-17H2,1-8H3. The van der Waals surface area contributed by atoms with E-state index in [2.05, 4.69) is 46.9 Å². The number of hydrogen-bond donors (Lipinski definition) is 2. The molecule has 2 heterocycles. The number of carbonyl (C=O) groups excluding carboxylic acids is 2. The molecule has 0 aromatic rings. The first-order valence-corrected chi connectivity index (χ1v) is 13.9. The minimum atomic E-state index is -0.419. The second-order valence-corrected chi connectivity index (χ2v) is 12.5. The summed E-state index contributed by atoms with van der Waals surface area (Å²) in [6.07, 6.45) is 5.85. The topological polar surface area (TPSA) is 88.1 Å². The Balaban J connectivity index is 1.67. The lowest BCUT2D eigenvalue weighted by Gasteiger charge is -2.47. The Labute approximate surface area is 213 Å². The van der Waals surface area contributed by atoms with E-state index in [0.717, 1.165) is 25.7 Å². The first-order valence-electron chi connectivity index (χ1n) is 13.9. The van der Waals surface area contributed by atoms with Crippen LogP contribution in [0, 0.1) is 17.8 Å². The smallest absolute Gasteiger partial charge is 0.306 e. The van der Waals surface area contributed by atoms with Crippen molar-refractivity contribution in [2.45, 2.75) is 149 Å². The average molecular weight is 497 g/mol. The highest BCUT2D eigenvalue weighted by atomic mass is 16.6. The van der Waals surface area contributed by atoms with Crippen molar-refractivity contribution in [3.05, 3.63) is 0 Å². The fourth-order valence-corrected chi connectivity index (χ4v) is 5.50. The number of esters is 2. The highest BCUT2D eigenvalue weighted by molar-refractivity contribution is 5.70. The van der Waals surface area contributed by atoms with Crippen LogP contribution in [0.2, 0.25) is 0 Å². The molecule has 2 aliphatic rings. The van der Waals surface area contributed by atoms with Gasteiger partial charge in [0, 0.05) is 62.2 Å². The summed E-state index contributed by atoms with van der Waals surface area (Å²) in [5.74, 6) is 0.989. The van der Waals surface area contributed by atoms with E-state index in [-0.39, 0.29) is 36.1 Å². The maximum absolute atomic E-state index is 12.4. The molecule has 0 radical (unpaired) electrons. The fraction of sp³-hybridized carbons (Fsp3) is 0.929. The van der Waals surface area contributed by atoms with Crippen LogP contribution >= 0.6 is 0 Å². The number of nitrogens with zero attached hydrogens (tertiary/aromatic N) is 1. The number of rotatable bonds is 11. The highest BCUT2D eigenvalue weighted by Gasteiger charge is 2.43. The van der Waals surface area contributed by atoms with E-state index in [1.807, 2.05) is 13.8 Å². The van der Waals surface area contributed by atoms with Crippen LogP contribution in [0.15, 0.2) is 0 Å². The second-order valence-electron chi connectivity index (χ2n) is 12.5. The Bertz CT molecular complexity index is 662. The van der Waals surface area contributed by atoms with Crippen molar-refractivity contribution in [1.29, 1.82) is 0 Å². The molecule has 0 aliphatic carbocycles. The summed E-state index contributed by atoms with van der Waals surface area (Å²) >= 11 is 0. The van der Waals surface area contributed by atoms with Gasteiger partial charge in [-0.25, -0.2) is 0 Å². The van der Waals surface area contributed by atoms with Gasteiger partial charge in [0.1, 0.15) is 12.2 Å². The van der Waals surface area contributed by atoms with Crippen LogP contribution in [-0.2, 0) is 19.1 Å². The Morgan fingerprint density at radius 1 is 0.829 bits per heavy atom. The maximum Gasteiger partial charge on any atom is 0.306 e. The minimum absolute atomic E-state index is 0.0113. The van der Waals surface area contributed by atoms with Crippen LogP contribution in [0.25, 0.3) is 0 Å². The zero-order chi connectivity index (χ0) is 26.3. The first-order chi connectivity index (χ1) is 16.3. The molecule has 2 saturated heterocycles. The summed E-state index contributed by atoms with van der Waals surface area (Å²) in [4.78, 5) is 24.9. The van der Waals surface area contributed by atoms with Crippen LogP contribution in [0.3, 0.4) is 0 Å². The summed E-state index contributed by atoms with van der Waals surface area (Å²) in [5, 5.41) is 15.7. The maximum atomic E-state index is 12.4. The van der Waals surface area contributed by atoms with Crippen molar-refractivity contribution in [3.8, 4) is 0 Å². The lowest BCUT2D eigenvalue weighted by Crippen LogP contribution is -2.57. The predicted molar refractivity (Wildman–Crippen MR) is 138 cm³/mol. The Hall–Kier alpha value is -1.18. The van der Waals surface area contributed by atoms with E-state index in [1.54, 1.807) is 0 Å². The third-order valence-corrected chi connectivity index (χ3v) is 7.86. The Kier molecular flexibility index (Phi) is 11.5. The number of ether oxygens (including phenoxy) is 2. The SMILES string of the molecule is CC(C)C1CC(OC(=O)CCCCCC(=O)OC2CC(C(C)C)N(O)C(C)(C)C2)CC(C(C)C)N1. The van der Waals surface area contributed by atoms with E-state index in [1.165, 1.54) is 5.06 Å². The molecule has 0 bridgehead atoms. The van der Waals surface area contributed by atoms with Gasteiger partial charge in [-0.1, -0.05) is 48.0 Å². The molecule has 7 heteroatoms. The molecule has 204 valence electrons. The molecule has 2 N–H and O–H groups in total. The van der Waals surface area contributed by atoms with Crippen LogP contribution in [0.4, 0.5) is 0 Å². The van der Waals surface area contributed by atoms with Gasteiger partial charge >= 0.3 is 11.9 Å².